The van der Waals surface area contributed by atoms with E-state index in [-0.39, 0.29) is 30.8 Å². The van der Waals surface area contributed by atoms with Crippen LogP contribution in [0.25, 0.3) is 0 Å². The van der Waals surface area contributed by atoms with E-state index < -0.39 is 0 Å². The number of ether oxygens (including phenoxy) is 3. The van der Waals surface area contributed by atoms with Crippen molar-refractivity contribution in [3.05, 3.63) is 17.7 Å². The Hall–Kier alpha value is -1.66. The van der Waals surface area contributed by atoms with Crippen LogP contribution in [0, 0.1) is 5.92 Å². The number of hydrogen-bond donors (Lipinski definition) is 1. The molecule has 6 nitrogen and oxygen atoms in total. The van der Waals surface area contributed by atoms with Crippen LogP contribution in [-0.4, -0.2) is 51.8 Å². The number of nitrogens with zero attached hydrogens (tertiary/aromatic N) is 1. The molecule has 0 aromatic heterocycles. The first-order valence-corrected chi connectivity index (χ1v) is 8.12. The Balaban J connectivity index is 0.00000576. The molecule has 1 atom stereocenters. The van der Waals surface area contributed by atoms with E-state index in [0.717, 1.165) is 12.0 Å². The maximum atomic E-state index is 12.4. The summed E-state index contributed by atoms with van der Waals surface area (Å²) in [6.45, 7) is 4.81. The summed E-state index contributed by atoms with van der Waals surface area (Å²) in [7, 11) is 6.47. The summed E-state index contributed by atoms with van der Waals surface area (Å²) in [4.78, 5) is 14.1. The minimum Gasteiger partial charge on any atom is -0.493 e. The molecule has 0 spiro atoms. The van der Waals surface area contributed by atoms with Gasteiger partial charge in [-0.3, -0.25) is 4.79 Å². The molecule has 0 radical (unpaired) electrons. The Labute approximate surface area is 157 Å². The summed E-state index contributed by atoms with van der Waals surface area (Å²) in [6.07, 6.45) is 1.05. The van der Waals surface area contributed by atoms with Crippen LogP contribution in [0.4, 0.5) is 0 Å². The van der Waals surface area contributed by atoms with Crippen molar-refractivity contribution < 1.29 is 19.0 Å². The highest BCUT2D eigenvalue weighted by molar-refractivity contribution is 5.85. The van der Waals surface area contributed by atoms with Gasteiger partial charge in [0.2, 0.25) is 11.7 Å². The zero-order valence-electron chi connectivity index (χ0n) is 16.0. The van der Waals surface area contributed by atoms with Crippen LogP contribution in [-0.2, 0) is 11.2 Å². The number of hydrogen-bond acceptors (Lipinski definition) is 5. The Bertz CT molecular complexity index is 527. The van der Waals surface area contributed by atoms with E-state index in [1.807, 2.05) is 0 Å². The molecule has 0 aliphatic heterocycles. The normalized spacial score (nSPS) is 11.5. The fourth-order valence-electron chi connectivity index (χ4n) is 2.35. The molecule has 1 aromatic rings. The zero-order chi connectivity index (χ0) is 18.3. The van der Waals surface area contributed by atoms with Crippen LogP contribution >= 0.6 is 12.4 Å². The molecule has 0 aliphatic carbocycles. The smallest absolute Gasteiger partial charge is 0.226 e. The fourth-order valence-corrected chi connectivity index (χ4v) is 2.35. The van der Waals surface area contributed by atoms with Crippen molar-refractivity contribution in [3.63, 3.8) is 0 Å². The van der Waals surface area contributed by atoms with Crippen molar-refractivity contribution in [1.82, 2.24) is 4.90 Å². The lowest BCUT2D eigenvalue weighted by molar-refractivity contribution is -0.129. The summed E-state index contributed by atoms with van der Waals surface area (Å²) in [6, 6.07) is 3.70. The van der Waals surface area contributed by atoms with E-state index >= 15 is 0 Å². The average Bonchev–Trinajstić information content (AvgIpc) is 2.57. The molecule has 0 aliphatic rings. The van der Waals surface area contributed by atoms with E-state index in [0.29, 0.717) is 29.7 Å². The Morgan fingerprint density at radius 3 is 2.04 bits per heavy atom. The highest BCUT2D eigenvalue weighted by Crippen LogP contribution is 2.38. The Morgan fingerprint density at radius 2 is 1.64 bits per heavy atom. The van der Waals surface area contributed by atoms with Gasteiger partial charge < -0.3 is 24.8 Å². The van der Waals surface area contributed by atoms with Crippen LogP contribution in [0.15, 0.2) is 12.1 Å². The Kier molecular flexibility index (Phi) is 10.3. The van der Waals surface area contributed by atoms with Gasteiger partial charge in [-0.05, 0) is 30.0 Å². The Morgan fingerprint density at radius 1 is 1.12 bits per heavy atom. The number of carbonyl (C=O) groups is 1. The monoisotopic (exact) mass is 374 g/mol. The van der Waals surface area contributed by atoms with Gasteiger partial charge in [0.05, 0.1) is 27.8 Å². The van der Waals surface area contributed by atoms with Gasteiger partial charge >= 0.3 is 0 Å². The van der Waals surface area contributed by atoms with E-state index in [1.54, 1.807) is 45.4 Å². The molecule has 0 heterocycles. The highest BCUT2D eigenvalue weighted by Gasteiger charge is 2.17. The summed E-state index contributed by atoms with van der Waals surface area (Å²) in [5.74, 6) is 2.05. The van der Waals surface area contributed by atoms with E-state index in [9.17, 15) is 4.79 Å². The largest absolute Gasteiger partial charge is 0.493 e. The zero-order valence-corrected chi connectivity index (χ0v) is 16.8. The molecule has 144 valence electrons. The topological polar surface area (TPSA) is 74.0 Å². The van der Waals surface area contributed by atoms with Gasteiger partial charge in [-0.2, -0.15) is 0 Å². The molecule has 25 heavy (non-hydrogen) atoms. The van der Waals surface area contributed by atoms with E-state index in [4.69, 9.17) is 19.9 Å². The average molecular weight is 375 g/mol. The predicted molar refractivity (Wildman–Crippen MR) is 102 cm³/mol. The molecule has 1 rings (SSSR count). The number of carbonyl (C=O) groups excluding carboxylic acids is 1. The van der Waals surface area contributed by atoms with Crippen LogP contribution in [0.3, 0.4) is 0 Å². The van der Waals surface area contributed by atoms with Gasteiger partial charge in [-0.1, -0.05) is 13.8 Å². The first kappa shape index (κ1) is 23.3. The standard InChI is InChI=1S/C18H30N2O4.ClH/c1-12(2)14(19)7-8-20(3)17(21)11-13-9-15(22-4)18(24-6)16(10-13)23-5;/h9-10,12,14H,7-8,11,19H2,1-6H3;1H. The third kappa shape index (κ3) is 6.63. The lowest BCUT2D eigenvalue weighted by Crippen LogP contribution is -2.35. The van der Waals surface area contributed by atoms with Gasteiger partial charge in [-0.25, -0.2) is 0 Å². The molecule has 1 unspecified atom stereocenters. The summed E-state index contributed by atoms with van der Waals surface area (Å²) >= 11 is 0. The fraction of sp³-hybridized carbons (Fsp3) is 0.611. The minimum atomic E-state index is 0. The molecular formula is C18H31ClN2O4. The summed E-state index contributed by atoms with van der Waals surface area (Å²) in [5.41, 5.74) is 6.85. The van der Waals surface area contributed by atoms with Crippen molar-refractivity contribution in [2.24, 2.45) is 11.7 Å². The summed E-state index contributed by atoms with van der Waals surface area (Å²) in [5, 5.41) is 0. The van der Waals surface area contributed by atoms with E-state index in [1.165, 1.54) is 0 Å². The van der Waals surface area contributed by atoms with E-state index in [2.05, 4.69) is 13.8 Å². The maximum absolute atomic E-state index is 12.4. The summed E-state index contributed by atoms with van der Waals surface area (Å²) < 4.78 is 15.9. The van der Waals surface area contributed by atoms with Crippen LogP contribution in [0.1, 0.15) is 25.8 Å². The third-order valence-electron chi connectivity index (χ3n) is 4.16. The predicted octanol–water partition coefficient (Wildman–Crippen LogP) is 2.51. The SMILES string of the molecule is COc1cc(CC(=O)N(C)CCC(N)C(C)C)cc(OC)c1OC.Cl. The number of nitrogens with two attached hydrogens (primary N) is 1. The molecule has 1 amide bonds. The van der Waals surface area contributed by atoms with Gasteiger partial charge in [0.25, 0.3) is 0 Å². The van der Waals surface area contributed by atoms with Gasteiger partial charge in [0, 0.05) is 19.6 Å². The molecule has 0 saturated heterocycles. The molecule has 0 saturated carbocycles. The van der Waals surface area contributed by atoms with Gasteiger partial charge in [0.1, 0.15) is 0 Å². The molecule has 1 aromatic carbocycles. The number of benzene rings is 1. The lowest BCUT2D eigenvalue weighted by Gasteiger charge is -2.22. The van der Waals surface area contributed by atoms with Crippen LogP contribution in [0.5, 0.6) is 17.2 Å². The second-order valence-corrected chi connectivity index (χ2v) is 6.22. The van der Waals surface area contributed by atoms with Crippen molar-refractivity contribution in [2.75, 3.05) is 34.9 Å². The van der Waals surface area contributed by atoms with Crippen molar-refractivity contribution >= 4 is 18.3 Å². The van der Waals surface area contributed by atoms with Crippen molar-refractivity contribution in [3.8, 4) is 17.2 Å². The van der Waals surface area contributed by atoms with Crippen LogP contribution < -0.4 is 19.9 Å². The number of halogens is 1. The molecule has 0 fully saturated rings. The number of likely N-dealkylation sites (N-methyl/N-ethyl adjacent to an activating group) is 1. The van der Waals surface area contributed by atoms with Crippen molar-refractivity contribution in [2.45, 2.75) is 32.7 Å². The molecule has 2 N–H and O–H groups in total. The van der Waals surface area contributed by atoms with Crippen molar-refractivity contribution in [1.29, 1.82) is 0 Å². The molecular weight excluding hydrogens is 344 g/mol. The number of amides is 1. The lowest BCUT2D eigenvalue weighted by atomic mass is 10.0. The van der Waals surface area contributed by atoms with Gasteiger partial charge in [0.15, 0.2) is 11.5 Å². The quantitative estimate of drug-likeness (QED) is 0.718. The first-order chi connectivity index (χ1) is 11.3. The molecule has 0 bridgehead atoms. The number of methoxy groups -OCH3 is 3. The second kappa shape index (κ2) is 11.1. The van der Waals surface area contributed by atoms with Gasteiger partial charge in [-0.15, -0.1) is 12.4 Å². The minimum absolute atomic E-state index is 0. The number of rotatable bonds is 9. The first-order valence-electron chi connectivity index (χ1n) is 8.12. The molecule has 7 heteroatoms. The second-order valence-electron chi connectivity index (χ2n) is 6.22. The maximum Gasteiger partial charge on any atom is 0.226 e. The highest BCUT2D eigenvalue weighted by atomic mass is 35.5. The third-order valence-corrected chi connectivity index (χ3v) is 4.16. The van der Waals surface area contributed by atoms with Crippen LogP contribution in [0.2, 0.25) is 0 Å².